The van der Waals surface area contributed by atoms with Crippen LogP contribution in [0.15, 0.2) is 18.2 Å². The number of hydrogen-bond donors (Lipinski definition) is 1. The van der Waals surface area contributed by atoms with Crippen molar-refractivity contribution in [2.45, 2.75) is 19.9 Å². The molecule has 1 N–H and O–H groups in total. The van der Waals surface area contributed by atoms with Gasteiger partial charge < -0.3 is 15.1 Å². The van der Waals surface area contributed by atoms with Gasteiger partial charge in [-0.1, -0.05) is 24.6 Å². The lowest BCUT2D eigenvalue weighted by Gasteiger charge is -2.28. The van der Waals surface area contributed by atoms with Crippen LogP contribution in [0.3, 0.4) is 0 Å². The van der Waals surface area contributed by atoms with Gasteiger partial charge in [0.05, 0.1) is 0 Å². The van der Waals surface area contributed by atoms with E-state index in [9.17, 15) is 0 Å². The summed E-state index contributed by atoms with van der Waals surface area (Å²) in [5.74, 6) is 0. The van der Waals surface area contributed by atoms with Crippen LogP contribution in [0.25, 0.3) is 0 Å². The second-order valence-corrected chi connectivity index (χ2v) is 5.47. The van der Waals surface area contributed by atoms with Crippen LogP contribution in [0, 0.1) is 0 Å². The predicted molar refractivity (Wildman–Crippen MR) is 85.3 cm³/mol. The Hall–Kier alpha value is -0.770. The molecule has 0 fully saturated rings. The minimum atomic E-state index is 0.803. The minimum Gasteiger partial charge on any atom is -0.370 e. The van der Waals surface area contributed by atoms with Gasteiger partial charge in [-0.2, -0.15) is 0 Å². The number of hydrogen-bond acceptors (Lipinski definition) is 3. The molecule has 0 spiro atoms. The van der Waals surface area contributed by atoms with Crippen LogP contribution in [0.5, 0.6) is 0 Å². The summed E-state index contributed by atoms with van der Waals surface area (Å²) in [6.07, 6.45) is 1.14. The molecular weight excluding hydrogens is 258 g/mol. The van der Waals surface area contributed by atoms with E-state index in [1.807, 2.05) is 19.2 Å². The first-order valence-corrected chi connectivity index (χ1v) is 7.29. The van der Waals surface area contributed by atoms with Gasteiger partial charge >= 0.3 is 0 Å². The summed E-state index contributed by atoms with van der Waals surface area (Å²) in [7, 11) is 6.17. The first-order valence-electron chi connectivity index (χ1n) is 6.91. The van der Waals surface area contributed by atoms with E-state index in [0.29, 0.717) is 0 Å². The van der Waals surface area contributed by atoms with Gasteiger partial charge in [0, 0.05) is 42.5 Å². The van der Waals surface area contributed by atoms with Gasteiger partial charge in [0.1, 0.15) is 0 Å². The van der Waals surface area contributed by atoms with Crippen molar-refractivity contribution in [3.05, 3.63) is 28.8 Å². The lowest BCUT2D eigenvalue weighted by molar-refractivity contribution is 0.413. The second-order valence-electron chi connectivity index (χ2n) is 5.06. The molecule has 0 amide bonds. The molecule has 1 aromatic rings. The van der Waals surface area contributed by atoms with Gasteiger partial charge in [0.2, 0.25) is 0 Å². The number of anilines is 1. The highest BCUT2D eigenvalue weighted by atomic mass is 35.5. The smallest absolute Gasteiger partial charge is 0.0471 e. The van der Waals surface area contributed by atoms with Gasteiger partial charge in [-0.15, -0.1) is 0 Å². The molecule has 0 bridgehead atoms. The van der Waals surface area contributed by atoms with Gasteiger partial charge in [-0.25, -0.2) is 0 Å². The molecule has 0 aromatic heterocycles. The lowest BCUT2D eigenvalue weighted by Crippen LogP contribution is -2.33. The largest absolute Gasteiger partial charge is 0.370 e. The van der Waals surface area contributed by atoms with Crippen LogP contribution in [-0.4, -0.2) is 45.7 Å². The average molecular weight is 284 g/mol. The maximum atomic E-state index is 6.34. The van der Waals surface area contributed by atoms with Gasteiger partial charge in [0.15, 0.2) is 0 Å². The van der Waals surface area contributed by atoms with Gasteiger partial charge in [-0.3, -0.25) is 0 Å². The zero-order valence-corrected chi connectivity index (χ0v) is 13.3. The molecule has 0 atom stereocenters. The third-order valence-corrected chi connectivity index (χ3v) is 3.45. The molecule has 0 radical (unpaired) electrons. The topological polar surface area (TPSA) is 18.5 Å². The Labute approximate surface area is 122 Å². The Morgan fingerprint density at radius 3 is 2.47 bits per heavy atom. The summed E-state index contributed by atoms with van der Waals surface area (Å²) in [4.78, 5) is 4.64. The standard InChI is InChI=1S/C15H26ClN3/c1-5-9-19(11-10-18(3)4)15-8-6-7-14(16)13(15)12-17-2/h6-8,17H,5,9-12H2,1-4H3. The molecule has 1 rings (SSSR count). The first-order chi connectivity index (χ1) is 9.10. The molecule has 1 aromatic carbocycles. The van der Waals surface area contributed by atoms with E-state index in [4.69, 9.17) is 11.6 Å². The van der Waals surface area contributed by atoms with E-state index in [1.165, 1.54) is 11.3 Å². The van der Waals surface area contributed by atoms with Crippen LogP contribution < -0.4 is 10.2 Å². The Kier molecular flexibility index (Phi) is 7.21. The summed E-state index contributed by atoms with van der Waals surface area (Å²) in [6.45, 7) is 6.15. The molecule has 19 heavy (non-hydrogen) atoms. The first kappa shape index (κ1) is 16.3. The molecule has 0 unspecified atom stereocenters. The summed E-state index contributed by atoms with van der Waals surface area (Å²) >= 11 is 6.34. The van der Waals surface area contributed by atoms with Crippen molar-refractivity contribution in [3.8, 4) is 0 Å². The zero-order chi connectivity index (χ0) is 14.3. The fourth-order valence-corrected chi connectivity index (χ4v) is 2.38. The highest BCUT2D eigenvalue weighted by molar-refractivity contribution is 6.31. The Bertz CT molecular complexity index is 380. The fraction of sp³-hybridized carbons (Fsp3) is 0.600. The number of likely N-dealkylation sites (N-methyl/N-ethyl adjacent to an activating group) is 1. The van der Waals surface area contributed by atoms with Crippen molar-refractivity contribution in [2.24, 2.45) is 0 Å². The monoisotopic (exact) mass is 283 g/mol. The van der Waals surface area contributed by atoms with Crippen molar-refractivity contribution < 1.29 is 0 Å². The van der Waals surface area contributed by atoms with Crippen molar-refractivity contribution in [3.63, 3.8) is 0 Å². The number of nitrogens with zero attached hydrogens (tertiary/aromatic N) is 2. The second kappa shape index (κ2) is 8.41. The molecule has 3 nitrogen and oxygen atoms in total. The molecule has 0 aliphatic rings. The molecule has 0 aliphatic carbocycles. The lowest BCUT2D eigenvalue weighted by atomic mass is 10.1. The SMILES string of the molecule is CCCN(CCN(C)C)c1cccc(Cl)c1CNC. The maximum Gasteiger partial charge on any atom is 0.0471 e. The average Bonchev–Trinajstić information content (AvgIpc) is 2.37. The third-order valence-electron chi connectivity index (χ3n) is 3.10. The molecule has 0 saturated heterocycles. The summed E-state index contributed by atoms with van der Waals surface area (Å²) in [5.41, 5.74) is 2.45. The van der Waals surface area contributed by atoms with E-state index in [2.05, 4.69) is 42.2 Å². The van der Waals surface area contributed by atoms with Gasteiger partial charge in [-0.05, 0) is 39.7 Å². The summed E-state index contributed by atoms with van der Waals surface area (Å²) in [6, 6.07) is 6.17. The van der Waals surface area contributed by atoms with E-state index < -0.39 is 0 Å². The molecule has 108 valence electrons. The Balaban J connectivity index is 2.96. The predicted octanol–water partition coefficient (Wildman–Crippen LogP) is 2.84. The number of nitrogens with one attached hydrogen (secondary N) is 1. The molecule has 0 saturated carbocycles. The van der Waals surface area contributed by atoms with Crippen molar-refractivity contribution >= 4 is 17.3 Å². The molecular formula is C15H26ClN3. The molecule has 0 aliphatic heterocycles. The van der Waals surface area contributed by atoms with E-state index in [-0.39, 0.29) is 0 Å². The highest BCUT2D eigenvalue weighted by Crippen LogP contribution is 2.27. The van der Waals surface area contributed by atoms with Crippen LogP contribution in [0.2, 0.25) is 5.02 Å². The maximum absolute atomic E-state index is 6.34. The molecule has 4 heteroatoms. The fourth-order valence-electron chi connectivity index (χ4n) is 2.14. The van der Waals surface area contributed by atoms with Crippen LogP contribution in [-0.2, 0) is 6.54 Å². The summed E-state index contributed by atoms with van der Waals surface area (Å²) < 4.78 is 0. The van der Waals surface area contributed by atoms with E-state index >= 15 is 0 Å². The van der Waals surface area contributed by atoms with Crippen molar-refractivity contribution in [1.82, 2.24) is 10.2 Å². The van der Waals surface area contributed by atoms with Crippen LogP contribution in [0.1, 0.15) is 18.9 Å². The van der Waals surface area contributed by atoms with Crippen molar-refractivity contribution in [1.29, 1.82) is 0 Å². The summed E-state index contributed by atoms with van der Waals surface area (Å²) in [5, 5.41) is 4.05. The number of rotatable bonds is 8. The van der Waals surface area contributed by atoms with Crippen molar-refractivity contribution in [2.75, 3.05) is 45.7 Å². The van der Waals surface area contributed by atoms with Gasteiger partial charge in [0.25, 0.3) is 0 Å². The van der Waals surface area contributed by atoms with Crippen LogP contribution in [0.4, 0.5) is 5.69 Å². The molecule has 0 heterocycles. The highest BCUT2D eigenvalue weighted by Gasteiger charge is 2.13. The minimum absolute atomic E-state index is 0.803. The van der Waals surface area contributed by atoms with Crippen LogP contribution >= 0.6 is 11.6 Å². The zero-order valence-electron chi connectivity index (χ0n) is 12.5. The quantitative estimate of drug-likeness (QED) is 0.791. The number of halogens is 1. The normalized spacial score (nSPS) is 11.1. The van der Waals surface area contributed by atoms with E-state index in [0.717, 1.165) is 37.6 Å². The third kappa shape index (κ3) is 5.01. The van der Waals surface area contributed by atoms with E-state index in [1.54, 1.807) is 0 Å². The Morgan fingerprint density at radius 1 is 1.16 bits per heavy atom. The Morgan fingerprint density at radius 2 is 1.89 bits per heavy atom. The number of benzene rings is 1.